The van der Waals surface area contributed by atoms with Crippen LogP contribution < -0.4 is 0 Å². The minimum atomic E-state index is -2.89. The Labute approximate surface area is 109 Å². The van der Waals surface area contributed by atoms with Gasteiger partial charge in [0.05, 0.1) is 12.2 Å². The standard InChI is InChI=1S/C11H17F2N3O3/c1-4-19-10(17)7-8(9(12)13)16(15-14-7)6-5-11(2,3)18/h9,18H,4-6H2,1-3H3. The number of esters is 1. The summed E-state index contributed by atoms with van der Waals surface area (Å²) in [5.74, 6) is -0.924. The summed E-state index contributed by atoms with van der Waals surface area (Å²) in [6, 6.07) is 0. The number of hydrogen-bond donors (Lipinski definition) is 1. The van der Waals surface area contributed by atoms with E-state index in [1.54, 1.807) is 20.8 Å². The lowest BCUT2D eigenvalue weighted by Crippen LogP contribution is -2.22. The maximum Gasteiger partial charge on any atom is 0.361 e. The second-order valence-corrected chi connectivity index (χ2v) is 4.63. The van der Waals surface area contributed by atoms with Crippen LogP contribution in [0.1, 0.15) is 49.8 Å². The van der Waals surface area contributed by atoms with Crippen molar-refractivity contribution in [1.82, 2.24) is 15.0 Å². The van der Waals surface area contributed by atoms with Gasteiger partial charge in [0, 0.05) is 6.54 Å². The topological polar surface area (TPSA) is 77.2 Å². The molecular formula is C11H17F2N3O3. The molecule has 1 heterocycles. The molecule has 6 nitrogen and oxygen atoms in total. The molecule has 1 aromatic heterocycles. The van der Waals surface area contributed by atoms with Gasteiger partial charge in [-0.05, 0) is 27.2 Å². The number of carbonyl (C=O) groups excluding carboxylic acids is 1. The van der Waals surface area contributed by atoms with Crippen molar-refractivity contribution < 1.29 is 23.4 Å². The van der Waals surface area contributed by atoms with Crippen molar-refractivity contribution in [2.24, 2.45) is 0 Å². The van der Waals surface area contributed by atoms with Gasteiger partial charge in [-0.1, -0.05) is 5.21 Å². The SMILES string of the molecule is CCOC(=O)c1nnn(CCC(C)(C)O)c1C(F)F. The van der Waals surface area contributed by atoms with Gasteiger partial charge in [0.2, 0.25) is 0 Å². The van der Waals surface area contributed by atoms with Crippen molar-refractivity contribution in [2.75, 3.05) is 6.61 Å². The normalized spacial score (nSPS) is 11.9. The fraction of sp³-hybridized carbons (Fsp3) is 0.727. The van der Waals surface area contributed by atoms with Gasteiger partial charge in [-0.15, -0.1) is 5.10 Å². The molecule has 1 rings (SSSR count). The van der Waals surface area contributed by atoms with Crippen LogP contribution in [0.3, 0.4) is 0 Å². The number of aryl methyl sites for hydroxylation is 1. The first kappa shape index (κ1) is 15.5. The van der Waals surface area contributed by atoms with Crippen LogP contribution in [0.2, 0.25) is 0 Å². The van der Waals surface area contributed by atoms with E-state index in [9.17, 15) is 18.7 Å². The van der Waals surface area contributed by atoms with Gasteiger partial charge in [0.1, 0.15) is 5.69 Å². The lowest BCUT2D eigenvalue weighted by Gasteiger charge is -2.17. The van der Waals surface area contributed by atoms with E-state index in [0.29, 0.717) is 0 Å². The molecule has 1 aromatic rings. The molecule has 1 N–H and O–H groups in total. The predicted molar refractivity (Wildman–Crippen MR) is 61.9 cm³/mol. The first-order chi connectivity index (χ1) is 8.76. The Morgan fingerprint density at radius 1 is 1.53 bits per heavy atom. The summed E-state index contributed by atoms with van der Waals surface area (Å²) < 4.78 is 31.5. The number of hydrogen-bond acceptors (Lipinski definition) is 5. The molecule has 0 aliphatic heterocycles. The van der Waals surface area contributed by atoms with E-state index in [1.165, 1.54) is 0 Å². The average molecular weight is 277 g/mol. The highest BCUT2D eigenvalue weighted by atomic mass is 19.3. The van der Waals surface area contributed by atoms with Crippen molar-refractivity contribution in [1.29, 1.82) is 0 Å². The van der Waals surface area contributed by atoms with E-state index in [2.05, 4.69) is 15.0 Å². The molecule has 108 valence electrons. The molecule has 0 atom stereocenters. The second-order valence-electron chi connectivity index (χ2n) is 4.63. The van der Waals surface area contributed by atoms with Crippen LogP contribution in [0.5, 0.6) is 0 Å². The van der Waals surface area contributed by atoms with Gasteiger partial charge in [-0.3, -0.25) is 0 Å². The minimum absolute atomic E-state index is 0.0373. The first-order valence-electron chi connectivity index (χ1n) is 5.87. The highest BCUT2D eigenvalue weighted by Crippen LogP contribution is 2.23. The summed E-state index contributed by atoms with van der Waals surface area (Å²) in [7, 11) is 0. The molecule has 8 heteroatoms. The van der Waals surface area contributed by atoms with Gasteiger partial charge in [-0.25, -0.2) is 18.3 Å². The maximum absolute atomic E-state index is 13.0. The van der Waals surface area contributed by atoms with Gasteiger partial charge < -0.3 is 9.84 Å². The summed E-state index contributed by atoms with van der Waals surface area (Å²) >= 11 is 0. The van der Waals surface area contributed by atoms with E-state index in [1.807, 2.05) is 0 Å². The monoisotopic (exact) mass is 277 g/mol. The van der Waals surface area contributed by atoms with Gasteiger partial charge in [0.25, 0.3) is 6.43 Å². The van der Waals surface area contributed by atoms with Crippen molar-refractivity contribution in [3.8, 4) is 0 Å². The van der Waals surface area contributed by atoms with Crippen molar-refractivity contribution in [2.45, 2.75) is 45.8 Å². The molecule has 0 fully saturated rings. The Bertz CT molecular complexity index is 441. The lowest BCUT2D eigenvalue weighted by molar-refractivity contribution is 0.0505. The zero-order valence-electron chi connectivity index (χ0n) is 11.1. The van der Waals surface area contributed by atoms with Crippen LogP contribution in [-0.2, 0) is 11.3 Å². The Kier molecular flexibility index (Phi) is 4.93. The number of alkyl halides is 2. The third-order valence-corrected chi connectivity index (χ3v) is 2.38. The van der Waals surface area contributed by atoms with Crippen LogP contribution in [0.4, 0.5) is 8.78 Å². The number of halogens is 2. The molecule has 0 bridgehead atoms. The summed E-state index contributed by atoms with van der Waals surface area (Å²) in [4.78, 5) is 11.5. The zero-order valence-corrected chi connectivity index (χ0v) is 11.1. The highest BCUT2D eigenvalue weighted by Gasteiger charge is 2.28. The number of rotatable bonds is 6. The molecule has 19 heavy (non-hydrogen) atoms. The van der Waals surface area contributed by atoms with E-state index in [0.717, 1.165) is 4.68 Å². The largest absolute Gasteiger partial charge is 0.461 e. The fourth-order valence-electron chi connectivity index (χ4n) is 1.43. The molecule has 0 aromatic carbocycles. The molecule has 0 aliphatic carbocycles. The van der Waals surface area contributed by atoms with E-state index < -0.39 is 29.4 Å². The van der Waals surface area contributed by atoms with E-state index in [-0.39, 0.29) is 19.6 Å². The van der Waals surface area contributed by atoms with E-state index >= 15 is 0 Å². The minimum Gasteiger partial charge on any atom is -0.461 e. The van der Waals surface area contributed by atoms with Gasteiger partial charge >= 0.3 is 5.97 Å². The van der Waals surface area contributed by atoms with Gasteiger partial charge in [-0.2, -0.15) is 0 Å². The third kappa shape index (κ3) is 4.23. The summed E-state index contributed by atoms with van der Waals surface area (Å²) in [6.07, 6.45) is -2.69. The average Bonchev–Trinajstić information content (AvgIpc) is 2.69. The quantitative estimate of drug-likeness (QED) is 0.798. The van der Waals surface area contributed by atoms with Crippen LogP contribution >= 0.6 is 0 Å². The number of aromatic nitrogens is 3. The van der Waals surface area contributed by atoms with Crippen LogP contribution in [0.25, 0.3) is 0 Å². The Balaban J connectivity index is 2.97. The fourth-order valence-corrected chi connectivity index (χ4v) is 1.43. The van der Waals surface area contributed by atoms with Crippen molar-refractivity contribution in [3.63, 3.8) is 0 Å². The highest BCUT2D eigenvalue weighted by molar-refractivity contribution is 5.88. The predicted octanol–water partition coefficient (Wildman–Crippen LogP) is 1.55. The van der Waals surface area contributed by atoms with Crippen LogP contribution in [-0.4, -0.2) is 38.3 Å². The molecule has 0 saturated carbocycles. The third-order valence-electron chi connectivity index (χ3n) is 2.38. The molecule has 0 unspecified atom stereocenters. The van der Waals surface area contributed by atoms with Crippen LogP contribution in [0, 0.1) is 0 Å². The van der Waals surface area contributed by atoms with Crippen molar-refractivity contribution >= 4 is 5.97 Å². The Morgan fingerprint density at radius 2 is 2.16 bits per heavy atom. The Hall–Kier alpha value is -1.57. The smallest absolute Gasteiger partial charge is 0.361 e. The maximum atomic E-state index is 13.0. The summed E-state index contributed by atoms with van der Waals surface area (Å²) in [5.41, 5.74) is -2.08. The van der Waals surface area contributed by atoms with Gasteiger partial charge in [0.15, 0.2) is 5.69 Å². The number of carbonyl (C=O) groups is 1. The van der Waals surface area contributed by atoms with Crippen molar-refractivity contribution in [3.05, 3.63) is 11.4 Å². The number of ether oxygens (including phenoxy) is 1. The Morgan fingerprint density at radius 3 is 2.63 bits per heavy atom. The number of nitrogens with zero attached hydrogens (tertiary/aromatic N) is 3. The summed E-state index contributed by atoms with van der Waals surface area (Å²) in [5, 5.41) is 16.5. The molecule has 0 saturated heterocycles. The summed E-state index contributed by atoms with van der Waals surface area (Å²) in [6.45, 7) is 4.78. The molecule has 0 spiro atoms. The van der Waals surface area contributed by atoms with Crippen LogP contribution in [0.15, 0.2) is 0 Å². The molecule has 0 aliphatic rings. The molecular weight excluding hydrogens is 260 g/mol. The lowest BCUT2D eigenvalue weighted by atomic mass is 10.1. The number of aliphatic hydroxyl groups is 1. The second kappa shape index (κ2) is 6.05. The molecule has 0 amide bonds. The first-order valence-corrected chi connectivity index (χ1v) is 5.87. The van der Waals surface area contributed by atoms with E-state index in [4.69, 9.17) is 0 Å². The zero-order chi connectivity index (χ0) is 14.6. The molecule has 0 radical (unpaired) electrons.